The molecule has 0 spiro atoms. The lowest BCUT2D eigenvalue weighted by Crippen LogP contribution is -2.42. The third kappa shape index (κ3) is 5.61. The van der Waals surface area contributed by atoms with E-state index < -0.39 is 30.4 Å². The summed E-state index contributed by atoms with van der Waals surface area (Å²) in [6, 6.07) is -0.866. The fraction of sp³-hybridized carbons (Fsp3) is 0.833. The van der Waals surface area contributed by atoms with Crippen LogP contribution in [0.5, 0.6) is 0 Å². The Bertz CT molecular complexity index is 488. The molecule has 1 aliphatic carbocycles. The predicted molar refractivity (Wildman–Crippen MR) is 89.8 cm³/mol. The first-order valence-corrected chi connectivity index (χ1v) is 9.30. The van der Waals surface area contributed by atoms with Crippen LogP contribution in [0.15, 0.2) is 0 Å². The summed E-state index contributed by atoms with van der Waals surface area (Å²) in [4.78, 5) is 36.4. The molecular weight excluding hydrogens is 326 g/mol. The Hall–Kier alpha value is -1.79. The summed E-state index contributed by atoms with van der Waals surface area (Å²) in [7, 11) is 0. The lowest BCUT2D eigenvalue weighted by molar-refractivity contribution is -0.166. The highest BCUT2D eigenvalue weighted by molar-refractivity contribution is 5.81. The highest BCUT2D eigenvalue weighted by Crippen LogP contribution is 2.35. The highest BCUT2D eigenvalue weighted by Gasteiger charge is 2.41. The van der Waals surface area contributed by atoms with E-state index in [2.05, 4.69) is 0 Å². The Balaban J connectivity index is 1.91. The Kier molecular flexibility index (Phi) is 7.08. The first kappa shape index (κ1) is 19.5. The summed E-state index contributed by atoms with van der Waals surface area (Å²) < 4.78 is 10.0. The van der Waals surface area contributed by atoms with Crippen LogP contribution in [0, 0.1) is 11.8 Å². The van der Waals surface area contributed by atoms with Gasteiger partial charge in [-0.25, -0.2) is 9.59 Å². The van der Waals surface area contributed by atoms with Crippen LogP contribution in [0.25, 0.3) is 0 Å². The van der Waals surface area contributed by atoms with Crippen molar-refractivity contribution in [1.82, 2.24) is 4.90 Å². The molecule has 7 nitrogen and oxygen atoms in total. The third-order valence-corrected chi connectivity index (χ3v) is 5.15. The van der Waals surface area contributed by atoms with Gasteiger partial charge < -0.3 is 14.6 Å². The van der Waals surface area contributed by atoms with Crippen LogP contribution in [0.1, 0.15) is 65.2 Å². The number of aliphatic carboxylic acids is 1. The second kappa shape index (κ2) is 9.06. The summed E-state index contributed by atoms with van der Waals surface area (Å²) in [5.41, 5.74) is 0. The van der Waals surface area contributed by atoms with Crippen LogP contribution < -0.4 is 0 Å². The van der Waals surface area contributed by atoms with E-state index in [0.717, 1.165) is 6.42 Å². The van der Waals surface area contributed by atoms with Crippen molar-refractivity contribution in [2.45, 2.75) is 77.5 Å². The van der Waals surface area contributed by atoms with Gasteiger partial charge in [0.05, 0.1) is 0 Å². The Morgan fingerprint density at radius 1 is 1.12 bits per heavy atom. The first-order valence-electron chi connectivity index (χ1n) is 9.30. The number of hydrogen-bond acceptors (Lipinski definition) is 5. The van der Waals surface area contributed by atoms with E-state index in [-0.39, 0.29) is 12.3 Å². The summed E-state index contributed by atoms with van der Waals surface area (Å²) in [5.74, 6) is -0.660. The van der Waals surface area contributed by atoms with Crippen LogP contribution in [0.4, 0.5) is 4.79 Å². The van der Waals surface area contributed by atoms with Crippen molar-refractivity contribution in [3.8, 4) is 0 Å². The molecule has 2 rings (SSSR count). The van der Waals surface area contributed by atoms with Crippen molar-refractivity contribution in [3.05, 3.63) is 0 Å². The number of nitrogens with zero attached hydrogens (tertiary/aromatic N) is 1. The number of hydrogen-bond donors (Lipinski definition) is 1. The number of likely N-dealkylation sites (tertiary alicyclic amines) is 1. The molecule has 1 aliphatic heterocycles. The fourth-order valence-electron chi connectivity index (χ4n) is 3.93. The van der Waals surface area contributed by atoms with Crippen molar-refractivity contribution in [3.63, 3.8) is 0 Å². The quantitative estimate of drug-likeness (QED) is 0.581. The molecule has 2 aliphatic rings. The molecule has 3 atom stereocenters. The van der Waals surface area contributed by atoms with E-state index >= 15 is 0 Å². The minimum absolute atomic E-state index is 0.185. The van der Waals surface area contributed by atoms with Gasteiger partial charge in [0.1, 0.15) is 6.04 Å². The molecule has 0 aromatic carbocycles. The molecule has 1 heterocycles. The van der Waals surface area contributed by atoms with Crippen molar-refractivity contribution in [2.75, 3.05) is 6.54 Å². The third-order valence-electron chi connectivity index (χ3n) is 5.15. The Labute approximate surface area is 148 Å². The average molecular weight is 355 g/mol. The largest absolute Gasteiger partial charge is 0.480 e. The number of esters is 1. The zero-order chi connectivity index (χ0) is 18.4. The second-order valence-corrected chi connectivity index (χ2v) is 7.14. The summed E-state index contributed by atoms with van der Waals surface area (Å²) in [5, 5.41) is 9.44. The van der Waals surface area contributed by atoms with Gasteiger partial charge in [0.15, 0.2) is 0 Å². The summed E-state index contributed by atoms with van der Waals surface area (Å²) in [6.07, 6.45) is 6.03. The maximum Gasteiger partial charge on any atom is 0.413 e. The van der Waals surface area contributed by atoms with Gasteiger partial charge in [0.25, 0.3) is 0 Å². The van der Waals surface area contributed by atoms with Gasteiger partial charge in [-0.3, -0.25) is 9.69 Å². The topological polar surface area (TPSA) is 93.1 Å². The molecule has 0 bridgehead atoms. The van der Waals surface area contributed by atoms with Gasteiger partial charge in [-0.15, -0.1) is 0 Å². The van der Waals surface area contributed by atoms with Crippen molar-refractivity contribution < 1.29 is 29.0 Å². The van der Waals surface area contributed by atoms with Crippen molar-refractivity contribution in [2.24, 2.45) is 11.8 Å². The zero-order valence-electron chi connectivity index (χ0n) is 15.1. The van der Waals surface area contributed by atoms with Gasteiger partial charge in [-0.2, -0.15) is 0 Å². The maximum atomic E-state index is 12.3. The number of carbonyl (C=O) groups excluding carboxylic acids is 2. The molecule has 1 amide bonds. The number of amides is 1. The Morgan fingerprint density at radius 2 is 1.80 bits per heavy atom. The van der Waals surface area contributed by atoms with Crippen molar-refractivity contribution in [1.29, 1.82) is 0 Å². The fourth-order valence-corrected chi connectivity index (χ4v) is 3.93. The van der Waals surface area contributed by atoms with Crippen LogP contribution in [0.3, 0.4) is 0 Å². The monoisotopic (exact) mass is 355 g/mol. The van der Waals surface area contributed by atoms with Crippen molar-refractivity contribution >= 4 is 18.0 Å². The Morgan fingerprint density at radius 3 is 2.40 bits per heavy atom. The maximum absolute atomic E-state index is 12.3. The molecule has 2 fully saturated rings. The SMILES string of the molecule is CCC(=O)O[C@H](C)OC(=O)N1C[C@@H](CC2CCCCC2)C[C@H]1C(=O)O. The minimum Gasteiger partial charge on any atom is -0.480 e. The number of ether oxygens (including phenoxy) is 2. The smallest absolute Gasteiger partial charge is 0.413 e. The van der Waals surface area contributed by atoms with Gasteiger partial charge >= 0.3 is 18.0 Å². The van der Waals surface area contributed by atoms with E-state index in [1.54, 1.807) is 6.92 Å². The summed E-state index contributed by atoms with van der Waals surface area (Å²) in [6.45, 7) is 3.49. The first-order chi connectivity index (χ1) is 11.9. The molecule has 7 heteroatoms. The molecule has 0 aromatic heterocycles. The normalized spacial score (nSPS) is 25.4. The molecule has 142 valence electrons. The van der Waals surface area contributed by atoms with Gasteiger partial charge in [-0.05, 0) is 24.7 Å². The van der Waals surface area contributed by atoms with Crippen LogP contribution >= 0.6 is 0 Å². The van der Waals surface area contributed by atoms with E-state index in [0.29, 0.717) is 18.9 Å². The van der Waals surface area contributed by atoms with Gasteiger partial charge in [-0.1, -0.05) is 39.0 Å². The molecule has 1 saturated carbocycles. The van der Waals surface area contributed by atoms with E-state index in [1.165, 1.54) is 43.9 Å². The van der Waals surface area contributed by atoms with Gasteiger partial charge in [0.2, 0.25) is 6.29 Å². The second-order valence-electron chi connectivity index (χ2n) is 7.14. The van der Waals surface area contributed by atoms with E-state index in [4.69, 9.17) is 9.47 Å². The number of carboxylic acids is 1. The molecule has 1 N–H and O–H groups in total. The molecule has 0 aromatic rings. The van der Waals surface area contributed by atoms with Crippen LogP contribution in [-0.4, -0.2) is 46.9 Å². The van der Waals surface area contributed by atoms with E-state index in [1.807, 2.05) is 0 Å². The predicted octanol–water partition coefficient (Wildman–Crippen LogP) is 3.17. The number of rotatable bonds is 6. The summed E-state index contributed by atoms with van der Waals surface area (Å²) >= 11 is 0. The standard InChI is InChI=1S/C18H29NO6/c1-3-16(20)24-12(2)25-18(23)19-11-14(10-15(19)17(21)22)9-13-7-5-4-6-8-13/h12-15H,3-11H2,1-2H3,(H,21,22)/t12-,14-,15-/m0/s1. The highest BCUT2D eigenvalue weighted by atomic mass is 16.7. The van der Waals surface area contributed by atoms with Crippen LogP contribution in [-0.2, 0) is 19.1 Å². The van der Waals surface area contributed by atoms with E-state index in [9.17, 15) is 19.5 Å². The van der Waals surface area contributed by atoms with Gasteiger partial charge in [0, 0.05) is 19.9 Å². The molecule has 0 unspecified atom stereocenters. The lowest BCUT2D eigenvalue weighted by Gasteiger charge is -2.25. The molecule has 1 saturated heterocycles. The zero-order valence-corrected chi connectivity index (χ0v) is 15.1. The molecular formula is C18H29NO6. The number of carbonyl (C=O) groups is 3. The number of carboxylic acid groups (broad SMARTS) is 1. The molecule has 0 radical (unpaired) electrons. The van der Waals surface area contributed by atoms with Crippen LogP contribution in [0.2, 0.25) is 0 Å². The average Bonchev–Trinajstić information content (AvgIpc) is 2.99. The molecule has 25 heavy (non-hydrogen) atoms. The minimum atomic E-state index is -1.02. The lowest BCUT2D eigenvalue weighted by atomic mass is 9.82.